The minimum atomic E-state index is 0.418. The minimum Gasteiger partial charge on any atom is -0.496 e. The average Bonchev–Trinajstić information content (AvgIpc) is 2.70. The molecule has 17 heavy (non-hydrogen) atoms. The van der Waals surface area contributed by atoms with Crippen LogP contribution < -0.4 is 10.5 Å². The van der Waals surface area contributed by atoms with Crippen molar-refractivity contribution in [1.82, 2.24) is 9.97 Å². The van der Waals surface area contributed by atoms with E-state index < -0.39 is 0 Å². The lowest BCUT2D eigenvalue weighted by atomic mass is 10.1. The summed E-state index contributed by atoms with van der Waals surface area (Å²) in [7, 11) is 1.65. The maximum absolute atomic E-state index is 5.61. The Morgan fingerprint density at radius 1 is 1.47 bits per heavy atom. The van der Waals surface area contributed by atoms with E-state index in [0.29, 0.717) is 6.54 Å². The quantitative estimate of drug-likeness (QED) is 0.915. The fourth-order valence-electron chi connectivity index (χ4n) is 1.66. The molecule has 90 valence electrons. The number of imidazole rings is 1. The van der Waals surface area contributed by atoms with Crippen LogP contribution in [-0.2, 0) is 6.54 Å². The molecule has 5 heteroatoms. The monoisotopic (exact) mass is 295 g/mol. The Bertz CT molecular complexity index is 537. The van der Waals surface area contributed by atoms with E-state index in [1.54, 1.807) is 7.11 Å². The second-order valence-corrected chi connectivity index (χ2v) is 4.51. The van der Waals surface area contributed by atoms with Crippen LogP contribution in [0.4, 0.5) is 0 Å². The van der Waals surface area contributed by atoms with Gasteiger partial charge in [-0.1, -0.05) is 11.6 Å². The van der Waals surface area contributed by atoms with Gasteiger partial charge in [-0.2, -0.15) is 0 Å². The molecule has 0 aliphatic carbocycles. The number of aryl methyl sites for hydroxylation is 1. The molecule has 1 aromatic heterocycles. The fourth-order valence-corrected chi connectivity index (χ4v) is 2.10. The van der Waals surface area contributed by atoms with Gasteiger partial charge in [-0.05, 0) is 35.0 Å². The number of methoxy groups -OCH3 is 1. The Kier molecular flexibility index (Phi) is 3.49. The summed E-state index contributed by atoms with van der Waals surface area (Å²) >= 11 is 3.38. The van der Waals surface area contributed by atoms with Crippen molar-refractivity contribution in [2.45, 2.75) is 13.5 Å². The van der Waals surface area contributed by atoms with Crippen molar-refractivity contribution in [1.29, 1.82) is 0 Å². The van der Waals surface area contributed by atoms with Gasteiger partial charge in [0.25, 0.3) is 0 Å². The van der Waals surface area contributed by atoms with Crippen molar-refractivity contribution in [2.75, 3.05) is 7.11 Å². The molecule has 0 amide bonds. The first-order valence-electron chi connectivity index (χ1n) is 5.25. The number of nitrogens with two attached hydrogens (primary N) is 1. The zero-order valence-electron chi connectivity index (χ0n) is 9.75. The number of aromatic nitrogens is 2. The third-order valence-corrected chi connectivity index (χ3v) is 3.20. The number of hydrogen-bond acceptors (Lipinski definition) is 3. The van der Waals surface area contributed by atoms with Gasteiger partial charge in [-0.25, -0.2) is 4.98 Å². The number of H-pyrrole nitrogens is 1. The number of ether oxygens (including phenoxy) is 1. The molecule has 0 radical (unpaired) electrons. The van der Waals surface area contributed by atoms with Crippen molar-refractivity contribution in [3.8, 4) is 17.1 Å². The lowest BCUT2D eigenvalue weighted by molar-refractivity contribution is 0.416. The highest BCUT2D eigenvalue weighted by molar-refractivity contribution is 9.10. The topological polar surface area (TPSA) is 63.9 Å². The zero-order chi connectivity index (χ0) is 12.4. The van der Waals surface area contributed by atoms with E-state index in [0.717, 1.165) is 33.0 Å². The minimum absolute atomic E-state index is 0.418. The van der Waals surface area contributed by atoms with Crippen molar-refractivity contribution in [2.24, 2.45) is 5.73 Å². The Balaban J connectivity index is 2.54. The molecule has 3 N–H and O–H groups in total. The maximum atomic E-state index is 5.61. The Morgan fingerprint density at radius 3 is 2.82 bits per heavy atom. The highest BCUT2D eigenvalue weighted by atomic mass is 79.9. The SMILES string of the molecule is COc1ccc(C)cc1-c1nc(Br)c(CN)[nH]1. The fraction of sp³-hybridized carbons (Fsp3) is 0.250. The number of nitrogens with one attached hydrogen (secondary N) is 1. The molecule has 2 rings (SSSR count). The van der Waals surface area contributed by atoms with Crippen LogP contribution in [0.1, 0.15) is 11.3 Å². The van der Waals surface area contributed by atoms with Gasteiger partial charge in [-0.3, -0.25) is 0 Å². The second-order valence-electron chi connectivity index (χ2n) is 3.76. The van der Waals surface area contributed by atoms with E-state index in [2.05, 4.69) is 25.9 Å². The lowest BCUT2D eigenvalue weighted by Gasteiger charge is -2.06. The van der Waals surface area contributed by atoms with Crippen molar-refractivity contribution in [3.63, 3.8) is 0 Å². The van der Waals surface area contributed by atoms with Gasteiger partial charge in [0, 0.05) is 6.54 Å². The molecule has 0 aliphatic rings. The highest BCUT2D eigenvalue weighted by Gasteiger charge is 2.12. The number of halogens is 1. The molecule has 0 atom stereocenters. The smallest absolute Gasteiger partial charge is 0.142 e. The van der Waals surface area contributed by atoms with Crippen LogP contribution >= 0.6 is 15.9 Å². The third kappa shape index (κ3) is 2.35. The average molecular weight is 296 g/mol. The lowest BCUT2D eigenvalue weighted by Crippen LogP contribution is -1.97. The molecule has 0 bridgehead atoms. The molecule has 0 saturated carbocycles. The van der Waals surface area contributed by atoms with Crippen molar-refractivity contribution >= 4 is 15.9 Å². The Morgan fingerprint density at radius 2 is 2.24 bits per heavy atom. The Labute approximate surface area is 108 Å². The summed E-state index contributed by atoms with van der Waals surface area (Å²) in [6, 6.07) is 5.97. The zero-order valence-corrected chi connectivity index (χ0v) is 11.3. The van der Waals surface area contributed by atoms with Gasteiger partial charge in [0.1, 0.15) is 16.2 Å². The largest absolute Gasteiger partial charge is 0.496 e. The highest BCUT2D eigenvalue weighted by Crippen LogP contribution is 2.30. The molecule has 1 aromatic carbocycles. The maximum Gasteiger partial charge on any atom is 0.142 e. The first-order valence-corrected chi connectivity index (χ1v) is 6.04. The summed E-state index contributed by atoms with van der Waals surface area (Å²) < 4.78 is 6.08. The van der Waals surface area contributed by atoms with Crippen molar-refractivity contribution < 1.29 is 4.74 Å². The van der Waals surface area contributed by atoms with Crippen LogP contribution in [0.25, 0.3) is 11.4 Å². The van der Waals surface area contributed by atoms with Gasteiger partial charge in [-0.15, -0.1) is 0 Å². The van der Waals surface area contributed by atoms with Gasteiger partial charge < -0.3 is 15.5 Å². The molecule has 1 heterocycles. The number of hydrogen-bond donors (Lipinski definition) is 2. The van der Waals surface area contributed by atoms with E-state index in [4.69, 9.17) is 10.5 Å². The molecular formula is C12H14BrN3O. The first kappa shape index (κ1) is 12.1. The van der Waals surface area contributed by atoms with Crippen LogP contribution in [0.2, 0.25) is 0 Å². The summed E-state index contributed by atoms with van der Waals surface area (Å²) in [4.78, 5) is 7.59. The van der Waals surface area contributed by atoms with Crippen LogP contribution in [0.5, 0.6) is 5.75 Å². The third-order valence-electron chi connectivity index (χ3n) is 2.54. The van der Waals surface area contributed by atoms with E-state index in [9.17, 15) is 0 Å². The molecule has 2 aromatic rings. The summed E-state index contributed by atoms with van der Waals surface area (Å²) in [5.74, 6) is 1.55. The van der Waals surface area contributed by atoms with E-state index in [-0.39, 0.29) is 0 Å². The van der Waals surface area contributed by atoms with E-state index in [1.165, 1.54) is 0 Å². The van der Waals surface area contributed by atoms with E-state index in [1.807, 2.05) is 25.1 Å². The van der Waals surface area contributed by atoms with Crippen LogP contribution in [0.15, 0.2) is 22.8 Å². The molecule has 0 saturated heterocycles. The molecule has 0 fully saturated rings. The molecule has 0 aliphatic heterocycles. The van der Waals surface area contributed by atoms with Gasteiger partial charge in [0.2, 0.25) is 0 Å². The summed E-state index contributed by atoms with van der Waals surface area (Å²) in [5, 5.41) is 0. The number of benzene rings is 1. The van der Waals surface area contributed by atoms with Gasteiger partial charge >= 0.3 is 0 Å². The predicted molar refractivity (Wildman–Crippen MR) is 70.9 cm³/mol. The number of aromatic amines is 1. The second kappa shape index (κ2) is 4.89. The summed E-state index contributed by atoms with van der Waals surface area (Å²) in [5.41, 5.74) is 8.58. The molecular weight excluding hydrogens is 282 g/mol. The number of nitrogens with zero attached hydrogens (tertiary/aromatic N) is 1. The summed E-state index contributed by atoms with van der Waals surface area (Å²) in [6.45, 7) is 2.45. The summed E-state index contributed by atoms with van der Waals surface area (Å²) in [6.07, 6.45) is 0. The number of rotatable bonds is 3. The van der Waals surface area contributed by atoms with Gasteiger partial charge in [0.05, 0.1) is 18.4 Å². The van der Waals surface area contributed by atoms with Crippen molar-refractivity contribution in [3.05, 3.63) is 34.1 Å². The first-order chi connectivity index (χ1) is 8.15. The molecule has 0 spiro atoms. The van der Waals surface area contributed by atoms with Crippen LogP contribution in [0.3, 0.4) is 0 Å². The molecule has 0 unspecified atom stereocenters. The normalized spacial score (nSPS) is 10.6. The van der Waals surface area contributed by atoms with Crippen LogP contribution in [0, 0.1) is 6.92 Å². The predicted octanol–water partition coefficient (Wildman–Crippen LogP) is 2.61. The van der Waals surface area contributed by atoms with Gasteiger partial charge in [0.15, 0.2) is 0 Å². The van der Waals surface area contributed by atoms with Crippen LogP contribution in [-0.4, -0.2) is 17.1 Å². The Hall–Kier alpha value is -1.33. The molecule has 4 nitrogen and oxygen atoms in total. The standard InChI is InChI=1S/C12H14BrN3O/c1-7-3-4-10(17-2)8(5-7)12-15-9(6-14)11(13)16-12/h3-5H,6,14H2,1-2H3,(H,15,16). The van der Waals surface area contributed by atoms with E-state index >= 15 is 0 Å².